The van der Waals surface area contributed by atoms with E-state index in [9.17, 15) is 0 Å². The van der Waals surface area contributed by atoms with E-state index < -0.39 is 0 Å². The first kappa shape index (κ1) is 14.2. The van der Waals surface area contributed by atoms with Crippen molar-refractivity contribution in [2.24, 2.45) is 0 Å². The Bertz CT molecular complexity index is 566. The van der Waals surface area contributed by atoms with Crippen LogP contribution in [-0.4, -0.2) is 19.3 Å². The van der Waals surface area contributed by atoms with Crippen molar-refractivity contribution in [3.8, 4) is 17.2 Å². The van der Waals surface area contributed by atoms with Gasteiger partial charge in [0.1, 0.15) is 12.4 Å². The number of ether oxygens (including phenoxy) is 3. The highest BCUT2D eigenvalue weighted by molar-refractivity contribution is 5.46. The van der Waals surface area contributed by atoms with Crippen molar-refractivity contribution < 1.29 is 19.3 Å². The van der Waals surface area contributed by atoms with Gasteiger partial charge < -0.3 is 19.3 Å². The number of aliphatic hydroxyl groups is 1. The summed E-state index contributed by atoms with van der Waals surface area (Å²) in [5, 5.41) is 9.11. The second-order valence-electron chi connectivity index (χ2n) is 4.25. The molecule has 0 aromatic heterocycles. The normalized spacial score (nSPS) is 10.2. The molecule has 106 valence electrons. The molecule has 0 spiro atoms. The lowest BCUT2D eigenvalue weighted by atomic mass is 10.2. The summed E-state index contributed by atoms with van der Waals surface area (Å²) in [5.74, 6) is 2.06. The van der Waals surface area contributed by atoms with Crippen LogP contribution in [0.1, 0.15) is 11.1 Å². The summed E-state index contributed by atoms with van der Waals surface area (Å²) >= 11 is 0. The van der Waals surface area contributed by atoms with Crippen molar-refractivity contribution in [1.82, 2.24) is 0 Å². The molecular weight excluding hydrogens is 256 g/mol. The molecule has 0 amide bonds. The average Bonchev–Trinajstić information content (AvgIpc) is 2.52. The zero-order chi connectivity index (χ0) is 14.4. The Labute approximate surface area is 118 Å². The summed E-state index contributed by atoms with van der Waals surface area (Å²) in [6.07, 6.45) is 0. The Morgan fingerprint density at radius 1 is 1.00 bits per heavy atom. The predicted molar refractivity (Wildman–Crippen MR) is 76.2 cm³/mol. The van der Waals surface area contributed by atoms with E-state index in [2.05, 4.69) is 0 Å². The molecule has 0 fully saturated rings. The number of methoxy groups -OCH3 is 2. The van der Waals surface area contributed by atoms with Gasteiger partial charge in [-0.1, -0.05) is 24.3 Å². The maximum Gasteiger partial charge on any atom is 0.167 e. The van der Waals surface area contributed by atoms with Crippen LogP contribution in [-0.2, 0) is 13.2 Å². The summed E-state index contributed by atoms with van der Waals surface area (Å²) in [4.78, 5) is 0. The molecule has 0 radical (unpaired) electrons. The van der Waals surface area contributed by atoms with Gasteiger partial charge in [0.2, 0.25) is 0 Å². The van der Waals surface area contributed by atoms with Crippen LogP contribution in [0.15, 0.2) is 42.5 Å². The van der Waals surface area contributed by atoms with Crippen molar-refractivity contribution in [3.63, 3.8) is 0 Å². The third kappa shape index (κ3) is 3.22. The third-order valence-electron chi connectivity index (χ3n) is 2.96. The molecule has 0 aliphatic carbocycles. The molecule has 2 aromatic carbocycles. The molecule has 1 N–H and O–H groups in total. The zero-order valence-corrected chi connectivity index (χ0v) is 11.6. The minimum Gasteiger partial charge on any atom is -0.493 e. The second-order valence-corrected chi connectivity index (χ2v) is 4.25. The van der Waals surface area contributed by atoms with E-state index in [0.29, 0.717) is 23.9 Å². The first-order chi connectivity index (χ1) is 9.78. The van der Waals surface area contributed by atoms with Gasteiger partial charge in [-0.05, 0) is 23.8 Å². The van der Waals surface area contributed by atoms with E-state index in [1.54, 1.807) is 14.2 Å². The molecule has 0 unspecified atom stereocenters. The van der Waals surface area contributed by atoms with Gasteiger partial charge in [-0.3, -0.25) is 0 Å². The number of para-hydroxylation sites is 1. The van der Waals surface area contributed by atoms with Crippen LogP contribution in [0.3, 0.4) is 0 Å². The van der Waals surface area contributed by atoms with Crippen LogP contribution in [0, 0.1) is 0 Å². The number of benzene rings is 2. The molecule has 4 nitrogen and oxygen atoms in total. The van der Waals surface area contributed by atoms with Crippen LogP contribution in [0.2, 0.25) is 0 Å². The topological polar surface area (TPSA) is 47.9 Å². The maximum absolute atomic E-state index is 9.11. The van der Waals surface area contributed by atoms with Crippen molar-refractivity contribution in [2.45, 2.75) is 13.2 Å². The van der Waals surface area contributed by atoms with Gasteiger partial charge in [0, 0.05) is 5.56 Å². The van der Waals surface area contributed by atoms with Crippen LogP contribution in [0.25, 0.3) is 0 Å². The first-order valence-electron chi connectivity index (χ1n) is 6.31. The monoisotopic (exact) mass is 274 g/mol. The molecule has 0 aliphatic rings. The van der Waals surface area contributed by atoms with Crippen LogP contribution >= 0.6 is 0 Å². The number of hydrogen-bond donors (Lipinski definition) is 1. The highest BCUT2D eigenvalue weighted by Gasteiger charge is 2.09. The lowest BCUT2D eigenvalue weighted by molar-refractivity contribution is 0.276. The van der Waals surface area contributed by atoms with Gasteiger partial charge in [0.05, 0.1) is 20.8 Å². The van der Waals surface area contributed by atoms with Crippen LogP contribution in [0.5, 0.6) is 17.2 Å². The van der Waals surface area contributed by atoms with Gasteiger partial charge in [-0.25, -0.2) is 0 Å². The Morgan fingerprint density at radius 3 is 2.50 bits per heavy atom. The van der Waals surface area contributed by atoms with Crippen molar-refractivity contribution in [1.29, 1.82) is 0 Å². The molecule has 0 heterocycles. The fourth-order valence-corrected chi connectivity index (χ4v) is 1.96. The van der Waals surface area contributed by atoms with E-state index >= 15 is 0 Å². The second kappa shape index (κ2) is 6.82. The Kier molecular flexibility index (Phi) is 4.85. The highest BCUT2D eigenvalue weighted by Crippen LogP contribution is 2.31. The van der Waals surface area contributed by atoms with Crippen LogP contribution in [0.4, 0.5) is 0 Å². The van der Waals surface area contributed by atoms with Crippen molar-refractivity contribution in [3.05, 3.63) is 53.6 Å². The SMILES string of the molecule is COc1cccc(COc2cccc(CO)c2)c1OC. The predicted octanol–water partition coefficient (Wildman–Crippen LogP) is 2.78. The van der Waals surface area contributed by atoms with E-state index in [1.807, 2.05) is 42.5 Å². The number of hydrogen-bond acceptors (Lipinski definition) is 4. The quantitative estimate of drug-likeness (QED) is 0.880. The minimum atomic E-state index is -0.000317. The van der Waals surface area contributed by atoms with E-state index in [-0.39, 0.29) is 6.61 Å². The molecule has 2 rings (SSSR count). The molecular formula is C16H18O4. The molecule has 0 saturated carbocycles. The molecule has 4 heteroatoms. The molecule has 0 aliphatic heterocycles. The Balaban J connectivity index is 2.14. The lowest BCUT2D eigenvalue weighted by Crippen LogP contribution is -2.00. The van der Waals surface area contributed by atoms with Crippen molar-refractivity contribution >= 4 is 0 Å². The van der Waals surface area contributed by atoms with E-state index in [1.165, 1.54) is 0 Å². The van der Waals surface area contributed by atoms with E-state index in [0.717, 1.165) is 11.1 Å². The minimum absolute atomic E-state index is 0.000317. The fraction of sp³-hybridized carbons (Fsp3) is 0.250. The third-order valence-corrected chi connectivity index (χ3v) is 2.96. The zero-order valence-electron chi connectivity index (χ0n) is 11.6. The van der Waals surface area contributed by atoms with E-state index in [4.69, 9.17) is 19.3 Å². The summed E-state index contributed by atoms with van der Waals surface area (Å²) < 4.78 is 16.3. The lowest BCUT2D eigenvalue weighted by Gasteiger charge is -2.13. The molecule has 20 heavy (non-hydrogen) atoms. The average molecular weight is 274 g/mol. The summed E-state index contributed by atoms with van der Waals surface area (Å²) in [6.45, 7) is 0.370. The summed E-state index contributed by atoms with van der Waals surface area (Å²) in [5.41, 5.74) is 1.72. The molecule has 0 atom stereocenters. The van der Waals surface area contributed by atoms with Gasteiger partial charge in [-0.2, -0.15) is 0 Å². The van der Waals surface area contributed by atoms with Gasteiger partial charge in [0.25, 0.3) is 0 Å². The van der Waals surface area contributed by atoms with Crippen LogP contribution < -0.4 is 14.2 Å². The summed E-state index contributed by atoms with van der Waals surface area (Å²) in [7, 11) is 3.21. The van der Waals surface area contributed by atoms with Gasteiger partial charge in [0.15, 0.2) is 11.5 Å². The van der Waals surface area contributed by atoms with Gasteiger partial charge >= 0.3 is 0 Å². The highest BCUT2D eigenvalue weighted by atomic mass is 16.5. The van der Waals surface area contributed by atoms with Gasteiger partial charge in [-0.15, -0.1) is 0 Å². The number of aliphatic hydroxyl groups excluding tert-OH is 1. The fourth-order valence-electron chi connectivity index (χ4n) is 1.96. The smallest absolute Gasteiger partial charge is 0.167 e. The first-order valence-corrected chi connectivity index (χ1v) is 6.31. The summed E-state index contributed by atoms with van der Waals surface area (Å²) in [6, 6.07) is 13.0. The maximum atomic E-state index is 9.11. The molecule has 0 bridgehead atoms. The number of rotatable bonds is 6. The largest absolute Gasteiger partial charge is 0.493 e. The Hall–Kier alpha value is -2.20. The molecule has 0 saturated heterocycles. The van der Waals surface area contributed by atoms with Crippen molar-refractivity contribution in [2.75, 3.05) is 14.2 Å². The molecule has 2 aromatic rings. The standard InChI is InChI=1S/C16H18O4/c1-18-15-8-4-6-13(16(15)19-2)11-20-14-7-3-5-12(9-14)10-17/h3-9,17H,10-11H2,1-2H3. The Morgan fingerprint density at radius 2 is 1.80 bits per heavy atom.